The van der Waals surface area contributed by atoms with E-state index in [2.05, 4.69) is 10.6 Å². The highest BCUT2D eigenvalue weighted by molar-refractivity contribution is 6.31. The van der Waals surface area contributed by atoms with Gasteiger partial charge in [-0.2, -0.15) is 0 Å². The Balaban J connectivity index is 2.64. The van der Waals surface area contributed by atoms with E-state index in [-0.39, 0.29) is 16.3 Å². The summed E-state index contributed by atoms with van der Waals surface area (Å²) in [6.07, 6.45) is 1.01. The third kappa shape index (κ3) is 4.84. The van der Waals surface area contributed by atoms with Crippen LogP contribution in [0.1, 0.15) is 23.7 Å². The van der Waals surface area contributed by atoms with Crippen LogP contribution in [0, 0.1) is 10.1 Å². The fraction of sp³-hybridized carbons (Fsp3) is 0.417. The number of rotatable bonds is 7. The molecule has 0 aliphatic carbocycles. The van der Waals surface area contributed by atoms with Gasteiger partial charge in [0.2, 0.25) is 0 Å². The van der Waals surface area contributed by atoms with E-state index in [1.165, 1.54) is 18.2 Å². The van der Waals surface area contributed by atoms with Crippen LogP contribution in [0.25, 0.3) is 0 Å². The van der Waals surface area contributed by atoms with Crippen LogP contribution in [-0.4, -0.2) is 30.5 Å². The van der Waals surface area contributed by atoms with Gasteiger partial charge in [0, 0.05) is 24.2 Å². The molecule has 0 spiro atoms. The van der Waals surface area contributed by atoms with E-state index in [4.69, 9.17) is 11.6 Å². The third-order valence-electron chi connectivity index (χ3n) is 2.42. The number of benzene rings is 1. The zero-order chi connectivity index (χ0) is 14.3. The van der Waals surface area contributed by atoms with Crippen molar-refractivity contribution >= 4 is 23.2 Å². The third-order valence-corrected chi connectivity index (χ3v) is 2.65. The number of nitrogens with one attached hydrogen (secondary N) is 2. The first kappa shape index (κ1) is 15.4. The van der Waals surface area contributed by atoms with Crippen LogP contribution in [0.15, 0.2) is 18.2 Å². The summed E-state index contributed by atoms with van der Waals surface area (Å²) >= 11 is 5.68. The molecular weight excluding hydrogens is 270 g/mol. The molecule has 0 saturated heterocycles. The van der Waals surface area contributed by atoms with Crippen molar-refractivity contribution in [2.75, 3.05) is 19.6 Å². The lowest BCUT2D eigenvalue weighted by Crippen LogP contribution is -2.32. The van der Waals surface area contributed by atoms with Gasteiger partial charge < -0.3 is 10.6 Å². The first-order valence-corrected chi connectivity index (χ1v) is 6.37. The number of amides is 1. The minimum Gasteiger partial charge on any atom is -0.351 e. The fourth-order valence-corrected chi connectivity index (χ4v) is 1.68. The molecule has 6 nitrogen and oxygen atoms in total. The summed E-state index contributed by atoms with van der Waals surface area (Å²) in [5.41, 5.74) is -0.267. The summed E-state index contributed by atoms with van der Waals surface area (Å²) in [6, 6.07) is 3.99. The molecule has 7 heteroatoms. The largest absolute Gasteiger partial charge is 0.351 e. The van der Waals surface area contributed by atoms with Gasteiger partial charge in [0.05, 0.1) is 4.92 Å². The van der Waals surface area contributed by atoms with Crippen molar-refractivity contribution < 1.29 is 9.72 Å². The topological polar surface area (TPSA) is 84.3 Å². The van der Waals surface area contributed by atoms with Crippen molar-refractivity contribution in [3.8, 4) is 0 Å². The summed E-state index contributed by atoms with van der Waals surface area (Å²) in [5, 5.41) is 16.8. The number of nitrogens with zero attached hydrogens (tertiary/aromatic N) is 1. The molecule has 1 aromatic carbocycles. The fourth-order valence-electron chi connectivity index (χ4n) is 1.51. The van der Waals surface area contributed by atoms with Crippen molar-refractivity contribution in [1.82, 2.24) is 10.6 Å². The molecule has 1 aromatic rings. The number of nitro groups is 1. The van der Waals surface area contributed by atoms with Gasteiger partial charge in [-0.3, -0.25) is 14.9 Å². The van der Waals surface area contributed by atoms with Gasteiger partial charge in [0.25, 0.3) is 11.6 Å². The molecule has 0 saturated carbocycles. The van der Waals surface area contributed by atoms with Gasteiger partial charge in [0.1, 0.15) is 5.56 Å². The maximum Gasteiger partial charge on any atom is 0.283 e. The zero-order valence-corrected chi connectivity index (χ0v) is 11.4. The molecular formula is C12H16ClN3O3. The Morgan fingerprint density at radius 1 is 1.37 bits per heavy atom. The predicted molar refractivity (Wildman–Crippen MR) is 73.6 cm³/mol. The summed E-state index contributed by atoms with van der Waals surface area (Å²) in [7, 11) is 0. The predicted octanol–water partition coefficient (Wildman–Crippen LogP) is 1.98. The molecule has 2 N–H and O–H groups in total. The Bertz CT molecular complexity index is 466. The first-order chi connectivity index (χ1) is 9.06. The molecule has 0 aliphatic rings. The number of hydrogen-bond acceptors (Lipinski definition) is 4. The minimum atomic E-state index is -0.615. The second kappa shape index (κ2) is 7.70. The van der Waals surface area contributed by atoms with Gasteiger partial charge in [-0.15, -0.1) is 0 Å². The Morgan fingerprint density at radius 3 is 2.74 bits per heavy atom. The number of halogens is 1. The van der Waals surface area contributed by atoms with Crippen LogP contribution in [-0.2, 0) is 0 Å². The van der Waals surface area contributed by atoms with Crippen LogP contribution >= 0.6 is 11.6 Å². The second-order valence-corrected chi connectivity index (χ2v) is 4.36. The standard InChI is InChI=1S/C12H16ClN3O3/c1-2-5-14-6-7-15-12(17)10-4-3-9(13)8-11(10)16(18)19/h3-4,8,14H,2,5-7H2,1H3,(H,15,17). The van der Waals surface area contributed by atoms with E-state index in [9.17, 15) is 14.9 Å². The van der Waals surface area contributed by atoms with Gasteiger partial charge in [-0.1, -0.05) is 18.5 Å². The molecule has 0 fully saturated rings. The molecule has 1 rings (SSSR count). The van der Waals surface area contributed by atoms with Crippen LogP contribution < -0.4 is 10.6 Å². The van der Waals surface area contributed by atoms with Crippen LogP contribution in [0.3, 0.4) is 0 Å². The maximum atomic E-state index is 11.8. The average Bonchev–Trinajstić information content (AvgIpc) is 2.38. The monoisotopic (exact) mass is 285 g/mol. The molecule has 104 valence electrons. The highest BCUT2D eigenvalue weighted by Crippen LogP contribution is 2.22. The van der Waals surface area contributed by atoms with Crippen LogP contribution in [0.5, 0.6) is 0 Å². The van der Waals surface area contributed by atoms with Gasteiger partial charge in [-0.25, -0.2) is 0 Å². The summed E-state index contributed by atoms with van der Waals surface area (Å²) in [6.45, 7) is 3.96. The number of hydrogen-bond donors (Lipinski definition) is 2. The summed E-state index contributed by atoms with van der Waals surface area (Å²) in [4.78, 5) is 22.1. The summed E-state index contributed by atoms with van der Waals surface area (Å²) < 4.78 is 0. The number of carbonyl (C=O) groups is 1. The van der Waals surface area contributed by atoms with E-state index in [0.29, 0.717) is 13.1 Å². The molecule has 0 aliphatic heterocycles. The lowest BCUT2D eigenvalue weighted by atomic mass is 10.1. The van der Waals surface area contributed by atoms with E-state index < -0.39 is 10.8 Å². The maximum absolute atomic E-state index is 11.8. The van der Waals surface area contributed by atoms with Crippen molar-refractivity contribution in [2.24, 2.45) is 0 Å². The molecule has 0 bridgehead atoms. The first-order valence-electron chi connectivity index (χ1n) is 5.99. The Morgan fingerprint density at radius 2 is 2.11 bits per heavy atom. The highest BCUT2D eigenvalue weighted by atomic mass is 35.5. The Kier molecular flexibility index (Phi) is 6.24. The van der Waals surface area contributed by atoms with Gasteiger partial charge in [-0.05, 0) is 25.1 Å². The molecule has 0 aromatic heterocycles. The van der Waals surface area contributed by atoms with E-state index >= 15 is 0 Å². The Labute approximate surface area is 116 Å². The second-order valence-electron chi connectivity index (χ2n) is 3.92. The smallest absolute Gasteiger partial charge is 0.283 e. The average molecular weight is 286 g/mol. The van der Waals surface area contributed by atoms with Crippen molar-refractivity contribution in [3.63, 3.8) is 0 Å². The van der Waals surface area contributed by atoms with Crippen molar-refractivity contribution in [1.29, 1.82) is 0 Å². The molecule has 0 unspecified atom stereocenters. The SMILES string of the molecule is CCCNCCNC(=O)c1ccc(Cl)cc1[N+](=O)[O-]. The van der Waals surface area contributed by atoms with Gasteiger partial charge >= 0.3 is 0 Å². The molecule has 0 heterocycles. The normalized spacial score (nSPS) is 10.2. The number of nitro benzene ring substituents is 1. The highest BCUT2D eigenvalue weighted by Gasteiger charge is 2.19. The van der Waals surface area contributed by atoms with Crippen LogP contribution in [0.2, 0.25) is 5.02 Å². The van der Waals surface area contributed by atoms with Crippen molar-refractivity contribution in [2.45, 2.75) is 13.3 Å². The number of carbonyl (C=O) groups excluding carboxylic acids is 1. The molecule has 0 atom stereocenters. The van der Waals surface area contributed by atoms with E-state index in [0.717, 1.165) is 13.0 Å². The lowest BCUT2D eigenvalue weighted by molar-refractivity contribution is -0.385. The van der Waals surface area contributed by atoms with E-state index in [1.54, 1.807) is 0 Å². The quantitative estimate of drug-likeness (QED) is 0.456. The molecule has 19 heavy (non-hydrogen) atoms. The van der Waals surface area contributed by atoms with Crippen molar-refractivity contribution in [3.05, 3.63) is 38.9 Å². The zero-order valence-electron chi connectivity index (χ0n) is 10.6. The Hall–Kier alpha value is -1.66. The lowest BCUT2D eigenvalue weighted by Gasteiger charge is -2.06. The molecule has 0 radical (unpaired) electrons. The van der Waals surface area contributed by atoms with E-state index in [1.807, 2.05) is 6.92 Å². The minimum absolute atomic E-state index is 0.0184. The molecule has 1 amide bonds. The van der Waals surface area contributed by atoms with Gasteiger partial charge in [0.15, 0.2) is 0 Å². The summed E-state index contributed by atoms with van der Waals surface area (Å²) in [5.74, 6) is -0.471. The van der Waals surface area contributed by atoms with Crippen LogP contribution in [0.4, 0.5) is 5.69 Å².